The zero-order chi connectivity index (χ0) is 12.0. The molecule has 0 bridgehead atoms. The predicted octanol–water partition coefficient (Wildman–Crippen LogP) is 2.68. The van der Waals surface area contributed by atoms with Gasteiger partial charge in [-0.3, -0.25) is 0 Å². The normalized spacial score (nSPS) is 12.8. The van der Waals surface area contributed by atoms with Gasteiger partial charge in [0.1, 0.15) is 5.82 Å². The van der Waals surface area contributed by atoms with Crippen molar-refractivity contribution < 1.29 is 4.39 Å². The van der Waals surface area contributed by atoms with E-state index in [0.29, 0.717) is 10.5 Å². The van der Waals surface area contributed by atoms with E-state index in [9.17, 15) is 4.39 Å². The summed E-state index contributed by atoms with van der Waals surface area (Å²) in [5, 5.41) is 6.65. The summed E-state index contributed by atoms with van der Waals surface area (Å²) in [6.07, 6.45) is 0. The van der Waals surface area contributed by atoms with Gasteiger partial charge in [-0.1, -0.05) is 13.0 Å². The second kappa shape index (κ2) is 6.99. The van der Waals surface area contributed by atoms with Crippen molar-refractivity contribution >= 4 is 15.9 Å². The van der Waals surface area contributed by atoms with E-state index in [1.54, 1.807) is 6.07 Å². The summed E-state index contributed by atoms with van der Waals surface area (Å²) in [5.41, 5.74) is 1.08. The minimum atomic E-state index is -0.218. The van der Waals surface area contributed by atoms with Crippen LogP contribution in [-0.2, 0) is 6.54 Å². The summed E-state index contributed by atoms with van der Waals surface area (Å²) >= 11 is 3.18. The standard InChI is InChI=1S/C12H18BrFN2/c1-3-15-7-9(2)16-8-10-4-5-12(14)11(13)6-10/h4-6,9,15-16H,3,7-8H2,1-2H3. The molecular weight excluding hydrogens is 271 g/mol. The Morgan fingerprint density at radius 2 is 2.19 bits per heavy atom. The van der Waals surface area contributed by atoms with Gasteiger partial charge in [0.25, 0.3) is 0 Å². The van der Waals surface area contributed by atoms with Crippen LogP contribution >= 0.6 is 15.9 Å². The first-order chi connectivity index (χ1) is 7.63. The van der Waals surface area contributed by atoms with Gasteiger partial charge in [-0.25, -0.2) is 4.39 Å². The molecule has 1 rings (SSSR count). The van der Waals surface area contributed by atoms with Crippen molar-refractivity contribution in [1.82, 2.24) is 10.6 Å². The second-order valence-electron chi connectivity index (χ2n) is 3.84. The van der Waals surface area contributed by atoms with Crippen LogP contribution in [0.25, 0.3) is 0 Å². The van der Waals surface area contributed by atoms with E-state index < -0.39 is 0 Å². The summed E-state index contributed by atoms with van der Waals surface area (Å²) in [5.74, 6) is -0.218. The third-order valence-corrected chi connectivity index (χ3v) is 2.95. The molecule has 0 aromatic heterocycles. The monoisotopic (exact) mass is 288 g/mol. The molecular formula is C12H18BrFN2. The molecule has 90 valence electrons. The fourth-order valence-corrected chi connectivity index (χ4v) is 1.80. The maximum atomic E-state index is 13.0. The largest absolute Gasteiger partial charge is 0.315 e. The van der Waals surface area contributed by atoms with E-state index in [4.69, 9.17) is 0 Å². The average molecular weight is 289 g/mol. The van der Waals surface area contributed by atoms with Crippen molar-refractivity contribution in [3.63, 3.8) is 0 Å². The number of nitrogens with one attached hydrogen (secondary N) is 2. The van der Waals surface area contributed by atoms with Gasteiger partial charge in [-0.2, -0.15) is 0 Å². The Morgan fingerprint density at radius 1 is 1.44 bits per heavy atom. The van der Waals surface area contributed by atoms with Crippen LogP contribution in [0.2, 0.25) is 0 Å². The maximum absolute atomic E-state index is 13.0. The first-order valence-electron chi connectivity index (χ1n) is 5.51. The van der Waals surface area contributed by atoms with Gasteiger partial charge < -0.3 is 10.6 Å². The fraction of sp³-hybridized carbons (Fsp3) is 0.500. The Morgan fingerprint density at radius 3 is 2.81 bits per heavy atom. The number of hydrogen-bond donors (Lipinski definition) is 2. The minimum absolute atomic E-state index is 0.218. The fourth-order valence-electron chi connectivity index (χ4n) is 1.37. The molecule has 1 unspecified atom stereocenters. The number of rotatable bonds is 6. The summed E-state index contributed by atoms with van der Waals surface area (Å²) < 4.78 is 13.5. The molecule has 0 fully saturated rings. The molecule has 0 saturated heterocycles. The summed E-state index contributed by atoms with van der Waals surface area (Å²) in [7, 11) is 0. The molecule has 0 spiro atoms. The van der Waals surface area contributed by atoms with Crippen molar-refractivity contribution in [2.75, 3.05) is 13.1 Å². The lowest BCUT2D eigenvalue weighted by Gasteiger charge is -2.14. The predicted molar refractivity (Wildman–Crippen MR) is 68.9 cm³/mol. The molecule has 0 aliphatic heterocycles. The molecule has 0 aliphatic rings. The van der Waals surface area contributed by atoms with Crippen LogP contribution in [0.1, 0.15) is 19.4 Å². The smallest absolute Gasteiger partial charge is 0.137 e. The quantitative estimate of drug-likeness (QED) is 0.841. The lowest BCUT2D eigenvalue weighted by atomic mass is 10.2. The van der Waals surface area contributed by atoms with E-state index in [-0.39, 0.29) is 5.82 Å². The number of likely N-dealkylation sites (N-methyl/N-ethyl adjacent to an activating group) is 1. The minimum Gasteiger partial charge on any atom is -0.315 e. The highest BCUT2D eigenvalue weighted by molar-refractivity contribution is 9.10. The van der Waals surface area contributed by atoms with Gasteiger partial charge in [-0.05, 0) is 47.1 Å². The van der Waals surface area contributed by atoms with E-state index >= 15 is 0 Å². The Balaban J connectivity index is 2.39. The highest BCUT2D eigenvalue weighted by Crippen LogP contribution is 2.16. The Kier molecular flexibility index (Phi) is 5.95. The number of hydrogen-bond acceptors (Lipinski definition) is 2. The van der Waals surface area contributed by atoms with Gasteiger partial charge >= 0.3 is 0 Å². The zero-order valence-electron chi connectivity index (χ0n) is 9.69. The van der Waals surface area contributed by atoms with E-state index in [1.165, 1.54) is 6.07 Å². The van der Waals surface area contributed by atoms with Gasteiger partial charge in [0, 0.05) is 19.1 Å². The Labute approximate surface area is 105 Å². The van der Waals surface area contributed by atoms with Gasteiger partial charge in [-0.15, -0.1) is 0 Å². The van der Waals surface area contributed by atoms with Crippen LogP contribution in [0, 0.1) is 5.82 Å². The lowest BCUT2D eigenvalue weighted by Crippen LogP contribution is -2.35. The molecule has 0 saturated carbocycles. The first-order valence-corrected chi connectivity index (χ1v) is 6.30. The van der Waals surface area contributed by atoms with Crippen molar-refractivity contribution in [3.05, 3.63) is 34.1 Å². The van der Waals surface area contributed by atoms with Crippen LogP contribution in [-0.4, -0.2) is 19.1 Å². The Hall–Kier alpha value is -0.450. The van der Waals surface area contributed by atoms with Crippen molar-refractivity contribution in [2.45, 2.75) is 26.4 Å². The lowest BCUT2D eigenvalue weighted by molar-refractivity contribution is 0.508. The summed E-state index contributed by atoms with van der Waals surface area (Å²) in [6.45, 7) is 6.89. The van der Waals surface area contributed by atoms with Crippen LogP contribution in [0.4, 0.5) is 4.39 Å². The van der Waals surface area contributed by atoms with Crippen LogP contribution < -0.4 is 10.6 Å². The Bertz CT molecular complexity index is 331. The molecule has 0 radical (unpaired) electrons. The van der Waals surface area contributed by atoms with Crippen LogP contribution in [0.5, 0.6) is 0 Å². The molecule has 1 aromatic carbocycles. The highest BCUT2D eigenvalue weighted by Gasteiger charge is 2.03. The summed E-state index contributed by atoms with van der Waals surface area (Å²) in [4.78, 5) is 0. The zero-order valence-corrected chi connectivity index (χ0v) is 11.3. The molecule has 1 atom stereocenters. The van der Waals surface area contributed by atoms with Gasteiger partial charge in [0.15, 0.2) is 0 Å². The highest BCUT2D eigenvalue weighted by atomic mass is 79.9. The van der Waals surface area contributed by atoms with Crippen molar-refractivity contribution in [2.24, 2.45) is 0 Å². The second-order valence-corrected chi connectivity index (χ2v) is 4.69. The van der Waals surface area contributed by atoms with Gasteiger partial charge in [0.05, 0.1) is 4.47 Å². The van der Waals surface area contributed by atoms with E-state index in [1.807, 2.05) is 6.07 Å². The van der Waals surface area contributed by atoms with Gasteiger partial charge in [0.2, 0.25) is 0 Å². The third kappa shape index (κ3) is 4.60. The molecule has 0 amide bonds. The maximum Gasteiger partial charge on any atom is 0.137 e. The third-order valence-electron chi connectivity index (χ3n) is 2.34. The molecule has 2 nitrogen and oxygen atoms in total. The van der Waals surface area contributed by atoms with E-state index in [0.717, 1.165) is 25.2 Å². The summed E-state index contributed by atoms with van der Waals surface area (Å²) in [6, 6.07) is 5.49. The molecule has 0 aliphatic carbocycles. The van der Waals surface area contributed by atoms with Crippen LogP contribution in [0.3, 0.4) is 0 Å². The molecule has 1 aromatic rings. The van der Waals surface area contributed by atoms with Crippen LogP contribution in [0.15, 0.2) is 22.7 Å². The SMILES string of the molecule is CCNCC(C)NCc1ccc(F)c(Br)c1. The van der Waals surface area contributed by atoms with Crippen molar-refractivity contribution in [3.8, 4) is 0 Å². The number of benzene rings is 1. The van der Waals surface area contributed by atoms with E-state index in [2.05, 4.69) is 40.4 Å². The number of halogens is 2. The van der Waals surface area contributed by atoms with Crippen molar-refractivity contribution in [1.29, 1.82) is 0 Å². The molecule has 2 N–H and O–H groups in total. The molecule has 4 heteroatoms. The molecule has 16 heavy (non-hydrogen) atoms. The average Bonchev–Trinajstić information content (AvgIpc) is 2.28. The first kappa shape index (κ1) is 13.6. The molecule has 0 heterocycles. The topological polar surface area (TPSA) is 24.1 Å².